The quantitative estimate of drug-likeness (QED) is 0.626. The second-order valence-corrected chi connectivity index (χ2v) is 3.98. The van der Waals surface area contributed by atoms with Gasteiger partial charge in [-0.05, 0) is 31.8 Å². The van der Waals surface area contributed by atoms with Crippen LogP contribution >= 0.6 is 0 Å². The van der Waals surface area contributed by atoms with E-state index in [9.17, 15) is 4.79 Å². The fourth-order valence-corrected chi connectivity index (χ4v) is 1.69. The van der Waals surface area contributed by atoms with Crippen molar-refractivity contribution in [2.75, 3.05) is 19.6 Å². The van der Waals surface area contributed by atoms with Gasteiger partial charge in [-0.1, -0.05) is 13.8 Å². The maximum Gasteiger partial charge on any atom is 0.315 e. The Morgan fingerprint density at radius 2 is 2.36 bits per heavy atom. The van der Waals surface area contributed by atoms with E-state index in [0.717, 1.165) is 32.5 Å². The van der Waals surface area contributed by atoms with E-state index in [1.807, 2.05) is 6.92 Å². The summed E-state index contributed by atoms with van der Waals surface area (Å²) in [5.74, 6) is 0.524. The predicted octanol–water partition coefficient (Wildman–Crippen LogP) is 0.694. The van der Waals surface area contributed by atoms with Gasteiger partial charge < -0.3 is 16.0 Å². The number of rotatable bonds is 3. The van der Waals surface area contributed by atoms with Crippen LogP contribution in [0.15, 0.2) is 0 Å². The van der Waals surface area contributed by atoms with Crippen LogP contribution in [0.3, 0.4) is 0 Å². The van der Waals surface area contributed by atoms with Gasteiger partial charge in [0.1, 0.15) is 0 Å². The van der Waals surface area contributed by atoms with Crippen LogP contribution in [0.4, 0.5) is 4.79 Å². The number of hydrogen-bond acceptors (Lipinski definition) is 2. The normalized spacial score (nSPS) is 27.0. The first kappa shape index (κ1) is 11.3. The van der Waals surface area contributed by atoms with Crippen molar-refractivity contribution in [1.29, 1.82) is 0 Å². The zero-order valence-corrected chi connectivity index (χ0v) is 9.10. The summed E-state index contributed by atoms with van der Waals surface area (Å²) in [6.45, 7) is 6.97. The number of urea groups is 1. The Morgan fingerprint density at radius 1 is 1.57 bits per heavy atom. The van der Waals surface area contributed by atoms with Gasteiger partial charge in [0.15, 0.2) is 0 Å². The fourth-order valence-electron chi connectivity index (χ4n) is 1.69. The molecule has 0 aromatic rings. The van der Waals surface area contributed by atoms with Crippen LogP contribution in [-0.2, 0) is 0 Å². The summed E-state index contributed by atoms with van der Waals surface area (Å²) in [5, 5.41) is 9.15. The van der Waals surface area contributed by atoms with Crippen LogP contribution in [0.2, 0.25) is 0 Å². The zero-order chi connectivity index (χ0) is 10.4. The van der Waals surface area contributed by atoms with Crippen molar-refractivity contribution >= 4 is 6.03 Å². The molecule has 0 aromatic heterocycles. The van der Waals surface area contributed by atoms with Gasteiger partial charge in [0, 0.05) is 12.6 Å². The topological polar surface area (TPSA) is 53.2 Å². The van der Waals surface area contributed by atoms with Crippen LogP contribution in [0.1, 0.15) is 26.7 Å². The minimum atomic E-state index is -0.0226. The highest BCUT2D eigenvalue weighted by Gasteiger charge is 2.21. The predicted molar refractivity (Wildman–Crippen MR) is 57.3 cm³/mol. The van der Waals surface area contributed by atoms with Crippen molar-refractivity contribution in [2.45, 2.75) is 32.7 Å². The molecule has 0 radical (unpaired) electrons. The average Bonchev–Trinajstić information content (AvgIpc) is 2.18. The Labute approximate surface area is 85.8 Å². The molecule has 0 bridgehead atoms. The molecule has 2 amide bonds. The molecule has 4 heteroatoms. The molecule has 82 valence electrons. The monoisotopic (exact) mass is 199 g/mol. The number of nitrogens with one attached hydrogen (secondary N) is 3. The van der Waals surface area contributed by atoms with Gasteiger partial charge in [0.25, 0.3) is 0 Å². The minimum Gasteiger partial charge on any atom is -0.338 e. The lowest BCUT2D eigenvalue weighted by Crippen LogP contribution is -2.51. The van der Waals surface area contributed by atoms with Gasteiger partial charge >= 0.3 is 6.03 Å². The highest BCUT2D eigenvalue weighted by molar-refractivity contribution is 5.74. The Kier molecular flexibility index (Phi) is 4.73. The molecule has 1 aliphatic heterocycles. The third kappa shape index (κ3) is 3.54. The largest absolute Gasteiger partial charge is 0.338 e. The number of amides is 2. The third-order valence-corrected chi connectivity index (χ3v) is 2.64. The molecular formula is C10H21N3O. The van der Waals surface area contributed by atoms with Crippen LogP contribution in [0, 0.1) is 5.92 Å². The van der Waals surface area contributed by atoms with E-state index in [1.54, 1.807) is 0 Å². The van der Waals surface area contributed by atoms with Crippen LogP contribution < -0.4 is 16.0 Å². The Morgan fingerprint density at radius 3 is 3.00 bits per heavy atom. The molecule has 1 heterocycles. The van der Waals surface area contributed by atoms with Crippen LogP contribution in [0.25, 0.3) is 0 Å². The number of carbonyl (C=O) groups is 1. The van der Waals surface area contributed by atoms with Gasteiger partial charge in [0.2, 0.25) is 0 Å². The number of hydrogen-bond donors (Lipinski definition) is 3. The zero-order valence-electron chi connectivity index (χ0n) is 9.10. The summed E-state index contributed by atoms with van der Waals surface area (Å²) in [5.41, 5.74) is 0. The smallest absolute Gasteiger partial charge is 0.315 e. The first-order chi connectivity index (χ1) is 6.74. The summed E-state index contributed by atoms with van der Waals surface area (Å²) in [4.78, 5) is 11.4. The van der Waals surface area contributed by atoms with Gasteiger partial charge in [0.05, 0.1) is 0 Å². The van der Waals surface area contributed by atoms with E-state index < -0.39 is 0 Å². The van der Waals surface area contributed by atoms with E-state index in [2.05, 4.69) is 22.9 Å². The molecule has 3 N–H and O–H groups in total. The van der Waals surface area contributed by atoms with Crippen molar-refractivity contribution in [1.82, 2.24) is 16.0 Å². The summed E-state index contributed by atoms with van der Waals surface area (Å²) in [7, 11) is 0. The summed E-state index contributed by atoms with van der Waals surface area (Å²) < 4.78 is 0. The summed E-state index contributed by atoms with van der Waals surface area (Å²) >= 11 is 0. The Bertz CT molecular complexity index is 184. The third-order valence-electron chi connectivity index (χ3n) is 2.64. The van der Waals surface area contributed by atoms with Gasteiger partial charge in [-0.15, -0.1) is 0 Å². The lowest BCUT2D eigenvalue weighted by atomic mass is 9.95. The lowest BCUT2D eigenvalue weighted by Gasteiger charge is -2.30. The summed E-state index contributed by atoms with van der Waals surface area (Å²) in [6, 6.07) is 0.304. The number of piperidine rings is 1. The van der Waals surface area contributed by atoms with Crippen molar-refractivity contribution in [2.24, 2.45) is 5.92 Å². The van der Waals surface area contributed by atoms with E-state index in [0.29, 0.717) is 12.0 Å². The highest BCUT2D eigenvalue weighted by atomic mass is 16.2. The molecule has 0 aliphatic carbocycles. The second kappa shape index (κ2) is 5.86. The van der Waals surface area contributed by atoms with Gasteiger partial charge in [-0.3, -0.25) is 0 Å². The average molecular weight is 199 g/mol. The molecule has 1 saturated heterocycles. The van der Waals surface area contributed by atoms with Crippen LogP contribution in [0.5, 0.6) is 0 Å². The lowest BCUT2D eigenvalue weighted by molar-refractivity contribution is 0.225. The molecule has 4 nitrogen and oxygen atoms in total. The van der Waals surface area contributed by atoms with Crippen molar-refractivity contribution in [3.63, 3.8) is 0 Å². The molecule has 14 heavy (non-hydrogen) atoms. The maximum absolute atomic E-state index is 11.4. The van der Waals surface area contributed by atoms with Gasteiger partial charge in [-0.25, -0.2) is 4.79 Å². The molecule has 1 aliphatic rings. The molecule has 2 unspecified atom stereocenters. The van der Waals surface area contributed by atoms with Crippen molar-refractivity contribution in [3.05, 3.63) is 0 Å². The molecule has 0 saturated carbocycles. The molecule has 1 rings (SSSR count). The molecule has 1 fully saturated rings. The summed E-state index contributed by atoms with van der Waals surface area (Å²) in [6.07, 6.45) is 2.01. The standard InChI is InChI=1S/C10H21N3O/c1-3-5-12-10(14)13-9-4-6-11-7-8(9)2/h8-9,11H,3-7H2,1-2H3,(H2,12,13,14). The molecule has 0 aromatic carbocycles. The maximum atomic E-state index is 11.4. The Hall–Kier alpha value is -0.770. The van der Waals surface area contributed by atoms with E-state index >= 15 is 0 Å². The van der Waals surface area contributed by atoms with E-state index in [4.69, 9.17) is 0 Å². The molecular weight excluding hydrogens is 178 g/mol. The van der Waals surface area contributed by atoms with Crippen molar-refractivity contribution < 1.29 is 4.79 Å². The fraction of sp³-hybridized carbons (Fsp3) is 0.900. The first-order valence-corrected chi connectivity index (χ1v) is 5.49. The van der Waals surface area contributed by atoms with Crippen molar-refractivity contribution in [3.8, 4) is 0 Å². The first-order valence-electron chi connectivity index (χ1n) is 5.49. The molecule has 0 spiro atoms. The highest BCUT2D eigenvalue weighted by Crippen LogP contribution is 2.09. The van der Waals surface area contributed by atoms with E-state index in [-0.39, 0.29) is 6.03 Å². The minimum absolute atomic E-state index is 0.0226. The molecule has 2 atom stereocenters. The number of carbonyl (C=O) groups excluding carboxylic acids is 1. The Balaban J connectivity index is 2.23. The second-order valence-electron chi connectivity index (χ2n) is 3.98. The van der Waals surface area contributed by atoms with E-state index in [1.165, 1.54) is 0 Å². The SMILES string of the molecule is CCCNC(=O)NC1CCNCC1C. The van der Waals surface area contributed by atoms with Crippen LogP contribution in [-0.4, -0.2) is 31.7 Å². The van der Waals surface area contributed by atoms with Gasteiger partial charge in [-0.2, -0.15) is 0 Å².